The van der Waals surface area contributed by atoms with E-state index in [0.29, 0.717) is 36.5 Å². The fourth-order valence-electron chi connectivity index (χ4n) is 6.96. The Labute approximate surface area is 144 Å². The Bertz CT molecular complexity index is 629. The zero-order chi connectivity index (χ0) is 17.1. The first-order chi connectivity index (χ1) is 11.5. The molecular formula is C21H28O3. The summed E-state index contributed by atoms with van der Waals surface area (Å²) >= 11 is 0. The minimum Gasteiger partial charge on any atom is -0.389 e. The Balaban J connectivity index is 1.71. The van der Waals surface area contributed by atoms with Crippen LogP contribution in [0.3, 0.4) is 0 Å². The molecule has 7 atom stereocenters. The van der Waals surface area contributed by atoms with Gasteiger partial charge in [0.25, 0.3) is 0 Å². The Kier molecular flexibility index (Phi) is 3.71. The molecule has 0 saturated heterocycles. The van der Waals surface area contributed by atoms with Crippen LogP contribution in [0, 0.1) is 41.4 Å². The van der Waals surface area contributed by atoms with Crippen LogP contribution >= 0.6 is 0 Å². The third-order valence-electron chi connectivity index (χ3n) is 8.07. The molecular weight excluding hydrogens is 300 g/mol. The molecule has 3 saturated carbocycles. The summed E-state index contributed by atoms with van der Waals surface area (Å²) in [5.74, 6) is 4.62. The first-order valence-corrected chi connectivity index (χ1v) is 9.58. The van der Waals surface area contributed by atoms with Gasteiger partial charge in [0.05, 0.1) is 6.10 Å². The average molecular weight is 328 g/mol. The van der Waals surface area contributed by atoms with Crippen molar-refractivity contribution in [1.82, 2.24) is 0 Å². The van der Waals surface area contributed by atoms with Crippen molar-refractivity contribution >= 4 is 5.78 Å². The van der Waals surface area contributed by atoms with Crippen molar-refractivity contribution in [2.75, 3.05) is 0 Å². The van der Waals surface area contributed by atoms with Crippen LogP contribution in [0.1, 0.15) is 58.3 Å². The standard InChI is InChI=1S/C21H28O3/c1-3-20-9-7-15-14-6-5-13(22)11-17(14)19(23)12-16(15)18(20)8-10-21(20,24)4-2/h2,11,14-16,18-19,23-24H,3,5-10,12H2,1H3/t14?,15?,16?,18?,19-,20+,21+/m1/s1. The van der Waals surface area contributed by atoms with Crippen LogP contribution in [0.2, 0.25) is 0 Å². The minimum absolute atomic E-state index is 0.167. The molecule has 0 aromatic heterocycles. The van der Waals surface area contributed by atoms with Crippen molar-refractivity contribution in [3.63, 3.8) is 0 Å². The number of hydrogen-bond acceptors (Lipinski definition) is 3. The van der Waals surface area contributed by atoms with Gasteiger partial charge in [-0.25, -0.2) is 0 Å². The summed E-state index contributed by atoms with van der Waals surface area (Å²) in [6, 6.07) is 0. The molecule has 3 fully saturated rings. The minimum atomic E-state index is -0.985. The zero-order valence-corrected chi connectivity index (χ0v) is 14.5. The maximum Gasteiger partial charge on any atom is 0.155 e. The van der Waals surface area contributed by atoms with Crippen LogP contribution in [0.15, 0.2) is 11.6 Å². The molecule has 0 amide bonds. The van der Waals surface area contributed by atoms with Crippen molar-refractivity contribution in [3.05, 3.63) is 11.6 Å². The predicted octanol–water partition coefficient (Wildman–Crippen LogP) is 2.85. The SMILES string of the molecule is C#C[C@]1(O)CCC2C3C[C@@H](O)C4=CC(=O)CCC4C3CC[C@@]21CC. The summed E-state index contributed by atoms with van der Waals surface area (Å²) in [5.41, 5.74) is -0.184. The van der Waals surface area contributed by atoms with Gasteiger partial charge in [-0.1, -0.05) is 12.8 Å². The van der Waals surface area contributed by atoms with Gasteiger partial charge in [0.15, 0.2) is 5.78 Å². The summed E-state index contributed by atoms with van der Waals surface area (Å²) < 4.78 is 0. The molecule has 3 nitrogen and oxygen atoms in total. The second-order valence-electron chi connectivity index (χ2n) is 8.53. The van der Waals surface area contributed by atoms with Crippen LogP contribution in [0.25, 0.3) is 0 Å². The van der Waals surface area contributed by atoms with E-state index >= 15 is 0 Å². The summed E-state index contributed by atoms with van der Waals surface area (Å²) in [7, 11) is 0. The van der Waals surface area contributed by atoms with E-state index in [-0.39, 0.29) is 11.2 Å². The molecule has 0 bridgehead atoms. The van der Waals surface area contributed by atoms with Crippen LogP contribution in [-0.2, 0) is 4.79 Å². The molecule has 4 aliphatic carbocycles. The van der Waals surface area contributed by atoms with Crippen LogP contribution in [0.4, 0.5) is 0 Å². The smallest absolute Gasteiger partial charge is 0.155 e. The second-order valence-corrected chi connectivity index (χ2v) is 8.53. The highest BCUT2D eigenvalue weighted by Crippen LogP contribution is 2.66. The van der Waals surface area contributed by atoms with Crippen molar-refractivity contribution < 1.29 is 15.0 Å². The van der Waals surface area contributed by atoms with Crippen molar-refractivity contribution in [1.29, 1.82) is 0 Å². The van der Waals surface area contributed by atoms with Gasteiger partial charge >= 0.3 is 0 Å². The van der Waals surface area contributed by atoms with E-state index in [0.717, 1.165) is 44.1 Å². The predicted molar refractivity (Wildman–Crippen MR) is 91.9 cm³/mol. The zero-order valence-electron chi connectivity index (χ0n) is 14.5. The fourth-order valence-corrected chi connectivity index (χ4v) is 6.96. The molecule has 24 heavy (non-hydrogen) atoms. The van der Waals surface area contributed by atoms with Gasteiger partial charge < -0.3 is 10.2 Å². The Morgan fingerprint density at radius 3 is 2.79 bits per heavy atom. The first-order valence-electron chi connectivity index (χ1n) is 9.58. The lowest BCUT2D eigenvalue weighted by Gasteiger charge is -2.56. The van der Waals surface area contributed by atoms with Crippen molar-refractivity contribution in [2.45, 2.75) is 70.0 Å². The fraction of sp³-hybridized carbons (Fsp3) is 0.762. The Morgan fingerprint density at radius 1 is 1.29 bits per heavy atom. The highest BCUT2D eigenvalue weighted by atomic mass is 16.3. The van der Waals surface area contributed by atoms with Crippen LogP contribution in [-0.4, -0.2) is 27.7 Å². The van der Waals surface area contributed by atoms with Gasteiger partial charge in [0, 0.05) is 11.8 Å². The van der Waals surface area contributed by atoms with Gasteiger partial charge in [0.2, 0.25) is 0 Å². The molecule has 0 heterocycles. The maximum absolute atomic E-state index is 11.8. The lowest BCUT2D eigenvalue weighted by molar-refractivity contribution is -0.119. The Hall–Kier alpha value is -1.11. The number of terminal acetylenes is 1. The van der Waals surface area contributed by atoms with E-state index in [4.69, 9.17) is 6.42 Å². The van der Waals surface area contributed by atoms with Crippen LogP contribution < -0.4 is 0 Å². The topological polar surface area (TPSA) is 57.5 Å². The number of ketones is 1. The number of carbonyl (C=O) groups is 1. The highest BCUT2D eigenvalue weighted by molar-refractivity contribution is 5.91. The highest BCUT2D eigenvalue weighted by Gasteiger charge is 2.64. The van der Waals surface area contributed by atoms with Crippen molar-refractivity contribution in [3.8, 4) is 12.3 Å². The Morgan fingerprint density at radius 2 is 2.08 bits per heavy atom. The van der Waals surface area contributed by atoms with E-state index < -0.39 is 11.7 Å². The summed E-state index contributed by atoms with van der Waals surface area (Å²) in [6.45, 7) is 2.16. The monoisotopic (exact) mass is 328 g/mol. The van der Waals surface area contributed by atoms with E-state index in [1.54, 1.807) is 6.08 Å². The molecule has 4 rings (SSSR count). The molecule has 0 spiro atoms. The molecule has 2 N–H and O–H groups in total. The average Bonchev–Trinajstić information content (AvgIpc) is 2.89. The van der Waals surface area contributed by atoms with Crippen molar-refractivity contribution in [2.24, 2.45) is 29.1 Å². The number of aliphatic hydroxyl groups excluding tert-OH is 1. The molecule has 3 heteroatoms. The first kappa shape index (κ1) is 16.4. The van der Waals surface area contributed by atoms with Crippen LogP contribution in [0.5, 0.6) is 0 Å². The third-order valence-corrected chi connectivity index (χ3v) is 8.07. The van der Waals surface area contributed by atoms with Gasteiger partial charge in [0.1, 0.15) is 5.60 Å². The lowest BCUT2D eigenvalue weighted by atomic mass is 9.49. The summed E-state index contributed by atoms with van der Waals surface area (Å²) in [5, 5.41) is 21.8. The van der Waals surface area contributed by atoms with E-state index in [1.165, 1.54) is 0 Å². The van der Waals surface area contributed by atoms with E-state index in [1.807, 2.05) is 0 Å². The molecule has 0 aliphatic heterocycles. The number of hydrogen-bond donors (Lipinski definition) is 2. The molecule has 4 aliphatic rings. The normalized spacial score (nSPS) is 50.3. The molecule has 0 aromatic carbocycles. The molecule has 4 unspecified atom stereocenters. The van der Waals surface area contributed by atoms with Gasteiger partial charge in [-0.3, -0.25) is 4.79 Å². The van der Waals surface area contributed by atoms with Gasteiger partial charge in [-0.2, -0.15) is 0 Å². The maximum atomic E-state index is 11.8. The van der Waals surface area contributed by atoms with E-state index in [9.17, 15) is 15.0 Å². The quantitative estimate of drug-likeness (QED) is 0.728. The van der Waals surface area contributed by atoms with Gasteiger partial charge in [-0.15, -0.1) is 6.42 Å². The largest absolute Gasteiger partial charge is 0.389 e. The number of aliphatic hydroxyl groups is 2. The van der Waals surface area contributed by atoms with Gasteiger partial charge in [-0.05, 0) is 80.3 Å². The molecule has 0 aromatic rings. The summed E-state index contributed by atoms with van der Waals surface area (Å²) in [6.07, 6.45) is 13.8. The molecule has 0 radical (unpaired) electrons. The van der Waals surface area contributed by atoms with E-state index in [2.05, 4.69) is 12.8 Å². The number of fused-ring (bicyclic) bond motifs is 5. The second kappa shape index (κ2) is 5.44. The molecule has 130 valence electrons. The number of rotatable bonds is 1. The summed E-state index contributed by atoms with van der Waals surface area (Å²) in [4.78, 5) is 11.8. The number of carbonyl (C=O) groups excluding carboxylic acids is 1. The lowest BCUT2D eigenvalue weighted by Crippen LogP contribution is -2.55. The third kappa shape index (κ3) is 1.96.